The summed E-state index contributed by atoms with van der Waals surface area (Å²) in [6, 6.07) is 9.75. The van der Waals surface area contributed by atoms with Crippen LogP contribution in [-0.4, -0.2) is 19.8 Å². The number of tetrazole rings is 1. The molecule has 14 heavy (non-hydrogen) atoms. The fourth-order valence-electron chi connectivity index (χ4n) is 1.20. The highest BCUT2D eigenvalue weighted by Crippen LogP contribution is 2.05. The van der Waals surface area contributed by atoms with Crippen molar-refractivity contribution < 1.29 is 0 Å². The molecule has 0 amide bonds. The average Bonchev–Trinajstić information content (AvgIpc) is 2.61. The Kier molecular flexibility index (Phi) is 2.41. The normalized spacial score (nSPS) is 10.4. The third kappa shape index (κ3) is 1.46. The molecule has 0 aliphatic heterocycles. The molecule has 0 aliphatic rings. The van der Waals surface area contributed by atoms with Gasteiger partial charge in [0.15, 0.2) is 0 Å². The Morgan fingerprint density at radius 2 is 1.93 bits per heavy atom. The van der Waals surface area contributed by atoms with E-state index in [0.717, 1.165) is 12.2 Å². The van der Waals surface area contributed by atoms with Crippen LogP contribution in [0.2, 0.25) is 0 Å². The van der Waals surface area contributed by atoms with Gasteiger partial charge in [-0.1, -0.05) is 18.2 Å². The van der Waals surface area contributed by atoms with Crippen LogP contribution in [0.15, 0.2) is 30.3 Å². The lowest BCUT2D eigenvalue weighted by Gasteiger charge is -1.97. The molecule has 0 bridgehead atoms. The Balaban J connectivity index is 2.53. The van der Waals surface area contributed by atoms with E-state index in [-0.39, 0.29) is 0 Å². The monoisotopic (exact) mass is 206 g/mol. The molecular weight excluding hydrogens is 196 g/mol. The van der Waals surface area contributed by atoms with E-state index in [4.69, 9.17) is 12.2 Å². The van der Waals surface area contributed by atoms with E-state index in [1.807, 2.05) is 37.3 Å². The fourth-order valence-corrected chi connectivity index (χ4v) is 1.51. The topological polar surface area (TPSA) is 35.6 Å². The summed E-state index contributed by atoms with van der Waals surface area (Å²) in [5, 5.41) is 7.92. The van der Waals surface area contributed by atoms with Crippen molar-refractivity contribution in [1.82, 2.24) is 19.8 Å². The zero-order chi connectivity index (χ0) is 9.97. The van der Waals surface area contributed by atoms with Gasteiger partial charge in [0, 0.05) is 6.54 Å². The molecule has 0 unspecified atom stereocenters. The first-order valence-corrected chi connectivity index (χ1v) is 4.82. The first kappa shape index (κ1) is 9.08. The van der Waals surface area contributed by atoms with E-state index in [9.17, 15) is 0 Å². The van der Waals surface area contributed by atoms with Gasteiger partial charge < -0.3 is 0 Å². The Labute approximate surface area is 86.8 Å². The van der Waals surface area contributed by atoms with Gasteiger partial charge in [-0.3, -0.25) is 0 Å². The van der Waals surface area contributed by atoms with E-state index in [0.29, 0.717) is 4.77 Å². The van der Waals surface area contributed by atoms with Crippen molar-refractivity contribution in [3.8, 4) is 5.69 Å². The predicted molar refractivity (Wildman–Crippen MR) is 55.9 cm³/mol. The number of aromatic nitrogens is 4. The number of hydrogen-bond acceptors (Lipinski definition) is 3. The molecule has 2 aromatic rings. The molecule has 1 heterocycles. The molecule has 0 atom stereocenters. The molecule has 0 aliphatic carbocycles. The molecule has 1 aromatic heterocycles. The molecule has 0 N–H and O–H groups in total. The predicted octanol–water partition coefficient (Wildman–Crippen LogP) is 1.82. The van der Waals surface area contributed by atoms with Gasteiger partial charge in [0.1, 0.15) is 0 Å². The lowest BCUT2D eigenvalue weighted by molar-refractivity contribution is 0.619. The van der Waals surface area contributed by atoms with Gasteiger partial charge in [0.2, 0.25) is 4.77 Å². The van der Waals surface area contributed by atoms with Crippen LogP contribution in [0.5, 0.6) is 0 Å². The molecule has 4 nitrogen and oxygen atoms in total. The highest BCUT2D eigenvalue weighted by Gasteiger charge is 2.02. The van der Waals surface area contributed by atoms with Gasteiger partial charge in [0.05, 0.1) is 5.69 Å². The van der Waals surface area contributed by atoms with Crippen molar-refractivity contribution >= 4 is 12.2 Å². The lowest BCUT2D eigenvalue weighted by atomic mass is 10.3. The van der Waals surface area contributed by atoms with Crippen LogP contribution in [0.1, 0.15) is 6.92 Å². The molecule has 2 rings (SSSR count). The second-order valence-electron chi connectivity index (χ2n) is 2.82. The molecule has 72 valence electrons. The molecule has 5 heteroatoms. The zero-order valence-corrected chi connectivity index (χ0v) is 8.61. The van der Waals surface area contributed by atoms with Gasteiger partial charge in [-0.25, -0.2) is 4.68 Å². The maximum atomic E-state index is 5.21. The number of rotatable bonds is 2. The minimum atomic E-state index is 0.624. The summed E-state index contributed by atoms with van der Waals surface area (Å²) in [6.07, 6.45) is 0. The number of hydrogen-bond donors (Lipinski definition) is 0. The summed E-state index contributed by atoms with van der Waals surface area (Å²) < 4.78 is 3.96. The number of para-hydroxylation sites is 1. The van der Waals surface area contributed by atoms with Crippen molar-refractivity contribution in [1.29, 1.82) is 0 Å². The average molecular weight is 206 g/mol. The maximum Gasteiger partial charge on any atom is 0.220 e. The maximum absolute atomic E-state index is 5.21. The van der Waals surface area contributed by atoms with Crippen LogP contribution in [0.25, 0.3) is 5.69 Å². The third-order valence-electron chi connectivity index (χ3n) is 1.94. The smallest absolute Gasteiger partial charge is 0.218 e. The summed E-state index contributed by atoms with van der Waals surface area (Å²) >= 11 is 5.21. The zero-order valence-electron chi connectivity index (χ0n) is 7.79. The largest absolute Gasteiger partial charge is 0.220 e. The number of benzene rings is 1. The van der Waals surface area contributed by atoms with E-state index in [2.05, 4.69) is 10.4 Å². The minimum Gasteiger partial charge on any atom is -0.218 e. The van der Waals surface area contributed by atoms with Gasteiger partial charge in [-0.2, -0.15) is 4.68 Å². The summed E-state index contributed by atoms with van der Waals surface area (Å²) in [6.45, 7) is 2.73. The Hall–Kier alpha value is -1.49. The van der Waals surface area contributed by atoms with E-state index >= 15 is 0 Å². The van der Waals surface area contributed by atoms with E-state index < -0.39 is 0 Å². The van der Waals surface area contributed by atoms with Crippen molar-refractivity contribution in [2.24, 2.45) is 0 Å². The second kappa shape index (κ2) is 3.71. The van der Waals surface area contributed by atoms with Crippen LogP contribution in [0, 0.1) is 4.77 Å². The summed E-state index contributed by atoms with van der Waals surface area (Å²) in [5.74, 6) is 0. The SMILES string of the molecule is CCn1nnn(-c2ccccc2)c1=S. The van der Waals surface area contributed by atoms with E-state index in [1.54, 1.807) is 9.36 Å². The fraction of sp³-hybridized carbons (Fsp3) is 0.222. The Bertz CT molecular complexity index is 471. The molecule has 0 saturated heterocycles. The highest BCUT2D eigenvalue weighted by molar-refractivity contribution is 7.71. The third-order valence-corrected chi connectivity index (χ3v) is 2.32. The molecule has 0 radical (unpaired) electrons. The Morgan fingerprint density at radius 3 is 2.50 bits per heavy atom. The second-order valence-corrected chi connectivity index (χ2v) is 3.19. The van der Waals surface area contributed by atoms with Gasteiger partial charge in [0.25, 0.3) is 0 Å². The van der Waals surface area contributed by atoms with Crippen molar-refractivity contribution in [3.63, 3.8) is 0 Å². The quantitative estimate of drug-likeness (QED) is 0.703. The van der Waals surface area contributed by atoms with Crippen LogP contribution in [0.3, 0.4) is 0 Å². The van der Waals surface area contributed by atoms with Gasteiger partial charge >= 0.3 is 0 Å². The molecule has 0 saturated carbocycles. The molecule has 0 fully saturated rings. The van der Waals surface area contributed by atoms with Crippen LogP contribution in [0.4, 0.5) is 0 Å². The Morgan fingerprint density at radius 1 is 1.21 bits per heavy atom. The number of aryl methyl sites for hydroxylation is 1. The first-order valence-electron chi connectivity index (χ1n) is 4.41. The lowest BCUT2D eigenvalue weighted by Crippen LogP contribution is -1.98. The summed E-state index contributed by atoms with van der Waals surface area (Å²) in [7, 11) is 0. The van der Waals surface area contributed by atoms with E-state index in [1.165, 1.54) is 0 Å². The van der Waals surface area contributed by atoms with Gasteiger partial charge in [-0.15, -0.1) is 0 Å². The van der Waals surface area contributed by atoms with Crippen molar-refractivity contribution in [2.45, 2.75) is 13.5 Å². The van der Waals surface area contributed by atoms with Crippen LogP contribution >= 0.6 is 12.2 Å². The minimum absolute atomic E-state index is 0.624. The number of nitrogens with zero attached hydrogens (tertiary/aromatic N) is 4. The van der Waals surface area contributed by atoms with Crippen molar-refractivity contribution in [3.05, 3.63) is 35.1 Å². The van der Waals surface area contributed by atoms with Crippen LogP contribution in [-0.2, 0) is 6.54 Å². The first-order chi connectivity index (χ1) is 6.83. The summed E-state index contributed by atoms with van der Waals surface area (Å²) in [5.41, 5.74) is 0.942. The van der Waals surface area contributed by atoms with Crippen molar-refractivity contribution in [2.75, 3.05) is 0 Å². The molecule has 0 spiro atoms. The van der Waals surface area contributed by atoms with Gasteiger partial charge in [-0.05, 0) is 41.7 Å². The highest BCUT2D eigenvalue weighted by atomic mass is 32.1. The standard InChI is InChI=1S/C9H10N4S/c1-2-12-9(14)13(11-10-12)8-6-4-3-5-7-8/h3-7H,2H2,1H3. The summed E-state index contributed by atoms with van der Waals surface area (Å²) in [4.78, 5) is 0. The van der Waals surface area contributed by atoms with Crippen LogP contribution < -0.4 is 0 Å². The molecular formula is C9H10N4S. The molecule has 1 aromatic carbocycles.